The lowest BCUT2D eigenvalue weighted by Gasteiger charge is -2.09. The van der Waals surface area contributed by atoms with Crippen molar-refractivity contribution in [3.05, 3.63) is 44.3 Å². The molecule has 0 saturated heterocycles. The van der Waals surface area contributed by atoms with Gasteiger partial charge in [0.05, 0.1) is 17.8 Å². The number of thiophene rings is 1. The van der Waals surface area contributed by atoms with E-state index >= 15 is 0 Å². The Morgan fingerprint density at radius 2 is 2.32 bits per heavy atom. The van der Waals surface area contributed by atoms with Crippen molar-refractivity contribution in [1.29, 1.82) is 0 Å². The molecule has 2 aromatic heterocycles. The average Bonchev–Trinajstić information content (AvgIpc) is 2.81. The van der Waals surface area contributed by atoms with E-state index in [2.05, 4.69) is 31.7 Å². The number of nitrogen functional groups attached to an aromatic ring is 1. The summed E-state index contributed by atoms with van der Waals surface area (Å²) in [6, 6.07) is 3.71. The normalized spacial score (nSPS) is 10.3. The maximum atomic E-state index is 12.1. The highest BCUT2D eigenvalue weighted by Gasteiger charge is 2.11. The number of rotatable bonds is 4. The van der Waals surface area contributed by atoms with Crippen LogP contribution in [0.15, 0.2) is 28.2 Å². The van der Waals surface area contributed by atoms with Gasteiger partial charge in [-0.2, -0.15) is 0 Å². The van der Waals surface area contributed by atoms with E-state index in [0.29, 0.717) is 17.8 Å². The van der Waals surface area contributed by atoms with Gasteiger partial charge in [-0.1, -0.05) is 0 Å². The smallest absolute Gasteiger partial charge is 0.255 e. The first-order valence-corrected chi connectivity index (χ1v) is 7.22. The third-order valence-electron chi connectivity index (χ3n) is 2.49. The van der Waals surface area contributed by atoms with Crippen LogP contribution in [0, 0.1) is 6.92 Å². The fraction of sp³-hybridized carbons (Fsp3) is 0.167. The monoisotopic (exact) mass is 340 g/mol. The van der Waals surface area contributed by atoms with Crippen molar-refractivity contribution in [1.82, 2.24) is 10.3 Å². The molecule has 0 atom stereocenters. The number of anilines is 1. The predicted molar refractivity (Wildman–Crippen MR) is 80.0 cm³/mol. The van der Waals surface area contributed by atoms with Gasteiger partial charge in [-0.25, -0.2) is 0 Å². The van der Waals surface area contributed by atoms with Gasteiger partial charge in [-0.15, -0.1) is 11.3 Å². The number of carbonyl (C=O) groups excluding carboxylic acids is 1. The molecular formula is C12H13BrN4OS. The van der Waals surface area contributed by atoms with Crippen LogP contribution in [-0.2, 0) is 6.54 Å². The summed E-state index contributed by atoms with van der Waals surface area (Å²) in [6.07, 6.45) is 1.52. The van der Waals surface area contributed by atoms with Gasteiger partial charge in [0.1, 0.15) is 0 Å². The number of halogens is 1. The van der Waals surface area contributed by atoms with Crippen molar-refractivity contribution in [2.24, 2.45) is 5.84 Å². The van der Waals surface area contributed by atoms with Crippen molar-refractivity contribution < 1.29 is 4.79 Å². The Labute approximate surface area is 123 Å². The topological polar surface area (TPSA) is 80.0 Å². The first-order chi connectivity index (χ1) is 9.10. The highest BCUT2D eigenvalue weighted by Crippen LogP contribution is 2.20. The van der Waals surface area contributed by atoms with Crippen LogP contribution in [0.25, 0.3) is 0 Å². The number of pyridine rings is 1. The number of nitrogens with two attached hydrogens (primary N) is 1. The molecule has 7 heteroatoms. The van der Waals surface area contributed by atoms with Crippen LogP contribution in [0.3, 0.4) is 0 Å². The van der Waals surface area contributed by atoms with Gasteiger partial charge < -0.3 is 10.7 Å². The van der Waals surface area contributed by atoms with Crippen LogP contribution in [0.4, 0.5) is 5.69 Å². The molecule has 0 fully saturated rings. The second-order valence-electron chi connectivity index (χ2n) is 3.93. The summed E-state index contributed by atoms with van der Waals surface area (Å²) < 4.78 is 1.02. The quantitative estimate of drug-likeness (QED) is 0.589. The highest BCUT2D eigenvalue weighted by molar-refractivity contribution is 9.10. The van der Waals surface area contributed by atoms with Crippen LogP contribution in [-0.4, -0.2) is 10.9 Å². The van der Waals surface area contributed by atoms with E-state index in [1.54, 1.807) is 17.4 Å². The summed E-state index contributed by atoms with van der Waals surface area (Å²) in [5, 5.41) is 4.81. The van der Waals surface area contributed by atoms with Crippen molar-refractivity contribution >= 4 is 38.9 Å². The van der Waals surface area contributed by atoms with Crippen LogP contribution >= 0.6 is 27.3 Å². The lowest BCUT2D eigenvalue weighted by atomic mass is 10.2. The summed E-state index contributed by atoms with van der Waals surface area (Å²) >= 11 is 4.96. The number of carbonyl (C=O) groups is 1. The van der Waals surface area contributed by atoms with Crippen molar-refractivity contribution in [2.45, 2.75) is 13.5 Å². The van der Waals surface area contributed by atoms with Gasteiger partial charge in [0, 0.05) is 26.6 Å². The maximum Gasteiger partial charge on any atom is 0.255 e. The summed E-state index contributed by atoms with van der Waals surface area (Å²) in [6.45, 7) is 2.32. The Kier molecular flexibility index (Phi) is 4.52. The minimum Gasteiger partial charge on any atom is -0.347 e. The fourth-order valence-electron chi connectivity index (χ4n) is 1.57. The Balaban J connectivity index is 2.07. The summed E-state index contributed by atoms with van der Waals surface area (Å²) in [4.78, 5) is 17.2. The van der Waals surface area contributed by atoms with Crippen LogP contribution in [0.1, 0.15) is 20.9 Å². The summed E-state index contributed by atoms with van der Waals surface area (Å²) in [5.74, 6) is 5.20. The number of hydrogen-bond acceptors (Lipinski definition) is 5. The molecule has 4 N–H and O–H groups in total. The predicted octanol–water partition coefficient (Wildman–Crippen LogP) is 2.43. The van der Waals surface area contributed by atoms with Gasteiger partial charge in [0.15, 0.2) is 0 Å². The molecule has 0 saturated carbocycles. The largest absolute Gasteiger partial charge is 0.347 e. The Morgan fingerprint density at radius 1 is 1.53 bits per heavy atom. The lowest BCUT2D eigenvalue weighted by Crippen LogP contribution is -2.24. The molecule has 5 nitrogen and oxygen atoms in total. The Hall–Kier alpha value is -1.44. The zero-order chi connectivity index (χ0) is 13.8. The molecular weight excluding hydrogens is 328 g/mol. The van der Waals surface area contributed by atoms with Crippen molar-refractivity contribution in [2.75, 3.05) is 5.43 Å². The number of aromatic nitrogens is 1. The molecule has 1 amide bonds. The number of hydrogen-bond donors (Lipinski definition) is 3. The molecule has 0 aromatic carbocycles. The molecule has 2 aromatic rings. The number of amides is 1. The fourth-order valence-corrected chi connectivity index (χ4v) is 2.96. The van der Waals surface area contributed by atoms with Crippen molar-refractivity contribution in [3.63, 3.8) is 0 Å². The molecule has 0 bridgehead atoms. The van der Waals surface area contributed by atoms with E-state index < -0.39 is 0 Å². The summed E-state index contributed by atoms with van der Waals surface area (Å²) in [5.41, 5.74) is 4.31. The zero-order valence-electron chi connectivity index (χ0n) is 10.2. The second-order valence-corrected chi connectivity index (χ2v) is 5.84. The molecule has 19 heavy (non-hydrogen) atoms. The van der Waals surface area contributed by atoms with E-state index in [-0.39, 0.29) is 5.91 Å². The molecule has 100 valence electrons. The molecule has 2 heterocycles. The standard InChI is InChI=1S/C12H13BrN4OS/c1-7-2-11(17-14)10(5-15-7)12(18)16-4-9-3-8(13)6-19-9/h2-3,5-6H,4,14H2,1H3,(H,15,17)(H,16,18). The minimum atomic E-state index is -0.204. The second kappa shape index (κ2) is 6.14. The van der Waals surface area contributed by atoms with Gasteiger partial charge in [-0.05, 0) is 35.0 Å². The van der Waals surface area contributed by atoms with Gasteiger partial charge >= 0.3 is 0 Å². The summed E-state index contributed by atoms with van der Waals surface area (Å²) in [7, 11) is 0. The minimum absolute atomic E-state index is 0.204. The molecule has 0 aliphatic rings. The lowest BCUT2D eigenvalue weighted by molar-refractivity contribution is 0.0951. The molecule has 2 rings (SSSR count). The number of nitrogens with zero attached hydrogens (tertiary/aromatic N) is 1. The average molecular weight is 341 g/mol. The van der Waals surface area contributed by atoms with Gasteiger partial charge in [0.2, 0.25) is 0 Å². The maximum absolute atomic E-state index is 12.1. The Bertz CT molecular complexity index is 599. The zero-order valence-corrected chi connectivity index (χ0v) is 12.6. The van der Waals surface area contributed by atoms with E-state index in [4.69, 9.17) is 5.84 Å². The van der Waals surface area contributed by atoms with Gasteiger partial charge in [0.25, 0.3) is 5.91 Å². The van der Waals surface area contributed by atoms with Crippen molar-refractivity contribution in [3.8, 4) is 0 Å². The van der Waals surface area contributed by atoms with Crippen LogP contribution < -0.4 is 16.6 Å². The molecule has 0 aliphatic heterocycles. The molecule has 0 aliphatic carbocycles. The number of aryl methyl sites for hydroxylation is 1. The number of nitrogens with one attached hydrogen (secondary N) is 2. The van der Waals surface area contributed by atoms with Crippen LogP contribution in [0.2, 0.25) is 0 Å². The SMILES string of the molecule is Cc1cc(NN)c(C(=O)NCc2cc(Br)cs2)cn1. The van der Waals surface area contributed by atoms with Crippen LogP contribution in [0.5, 0.6) is 0 Å². The van der Waals surface area contributed by atoms with E-state index in [9.17, 15) is 4.79 Å². The van der Waals surface area contributed by atoms with E-state index in [0.717, 1.165) is 15.0 Å². The first-order valence-electron chi connectivity index (χ1n) is 5.54. The highest BCUT2D eigenvalue weighted by atomic mass is 79.9. The Morgan fingerprint density at radius 3 is 2.95 bits per heavy atom. The third kappa shape index (κ3) is 3.52. The first kappa shape index (κ1) is 14.0. The van der Waals surface area contributed by atoms with E-state index in [1.165, 1.54) is 6.20 Å². The number of hydrazine groups is 1. The van der Waals surface area contributed by atoms with E-state index in [1.807, 2.05) is 18.4 Å². The molecule has 0 spiro atoms. The van der Waals surface area contributed by atoms with Gasteiger partial charge in [-0.3, -0.25) is 15.6 Å². The third-order valence-corrected chi connectivity index (χ3v) is 4.18. The molecule has 0 unspecified atom stereocenters. The molecule has 0 radical (unpaired) electrons.